The van der Waals surface area contributed by atoms with E-state index in [0.29, 0.717) is 18.1 Å². The smallest absolute Gasteiger partial charge is 0.227 e. The van der Waals surface area contributed by atoms with E-state index in [4.69, 9.17) is 20.7 Å². The predicted molar refractivity (Wildman–Crippen MR) is 156 cm³/mol. The minimum atomic E-state index is 0.335. The van der Waals surface area contributed by atoms with Crippen molar-refractivity contribution in [3.8, 4) is 0 Å². The van der Waals surface area contributed by atoms with Crippen molar-refractivity contribution in [2.45, 2.75) is 115 Å². The van der Waals surface area contributed by atoms with E-state index in [9.17, 15) is 0 Å². The fourth-order valence-electron chi connectivity index (χ4n) is 6.77. The SMILES string of the molecule is CCCN(CCC)CCC1CCN(Nc2nc(N[C@H]3CC[C@H](N)CC3)nc3c2ncn3C2CCCC2)CC1. The molecule has 5 rings (SSSR count). The molecule has 1 saturated heterocycles. The Bertz CT molecular complexity index is 979. The van der Waals surface area contributed by atoms with E-state index in [1.165, 1.54) is 77.4 Å². The zero-order valence-electron chi connectivity index (χ0n) is 23.9. The minimum absolute atomic E-state index is 0.335. The number of anilines is 2. The van der Waals surface area contributed by atoms with Gasteiger partial charge in [-0.05, 0) is 96.2 Å². The molecule has 1 aliphatic heterocycles. The van der Waals surface area contributed by atoms with E-state index < -0.39 is 0 Å². The van der Waals surface area contributed by atoms with Crippen molar-refractivity contribution in [2.75, 3.05) is 43.5 Å². The first-order valence-corrected chi connectivity index (χ1v) is 15.6. The average Bonchev–Trinajstić information content (AvgIpc) is 3.60. The van der Waals surface area contributed by atoms with Crippen LogP contribution < -0.4 is 16.5 Å². The van der Waals surface area contributed by atoms with Gasteiger partial charge < -0.3 is 25.9 Å². The van der Waals surface area contributed by atoms with Crippen LogP contribution in [0.1, 0.15) is 103 Å². The molecule has 3 heterocycles. The van der Waals surface area contributed by atoms with Crippen LogP contribution in [0.3, 0.4) is 0 Å². The van der Waals surface area contributed by atoms with Crippen LogP contribution in [0.2, 0.25) is 0 Å². The van der Waals surface area contributed by atoms with Gasteiger partial charge in [0.05, 0.1) is 6.33 Å². The lowest BCUT2D eigenvalue weighted by Crippen LogP contribution is -2.39. The van der Waals surface area contributed by atoms with E-state index in [0.717, 1.165) is 67.6 Å². The van der Waals surface area contributed by atoms with Gasteiger partial charge in [-0.2, -0.15) is 9.97 Å². The lowest BCUT2D eigenvalue weighted by atomic mass is 9.92. The van der Waals surface area contributed by atoms with Crippen LogP contribution in [0.15, 0.2) is 6.33 Å². The molecule has 0 spiro atoms. The summed E-state index contributed by atoms with van der Waals surface area (Å²) in [6.45, 7) is 10.4. The van der Waals surface area contributed by atoms with Gasteiger partial charge in [0.2, 0.25) is 5.95 Å². The molecule has 0 amide bonds. The van der Waals surface area contributed by atoms with Gasteiger partial charge in [-0.15, -0.1) is 0 Å². The molecule has 3 aliphatic rings. The van der Waals surface area contributed by atoms with Crippen LogP contribution in [-0.4, -0.2) is 74.2 Å². The number of piperidine rings is 1. The number of fused-ring (bicyclic) bond motifs is 1. The van der Waals surface area contributed by atoms with Crippen LogP contribution in [0.25, 0.3) is 11.2 Å². The molecule has 4 N–H and O–H groups in total. The fraction of sp³-hybridized carbons (Fsp3) is 0.828. The number of nitrogens with zero attached hydrogens (tertiary/aromatic N) is 6. The van der Waals surface area contributed by atoms with Crippen LogP contribution in [-0.2, 0) is 0 Å². The van der Waals surface area contributed by atoms with Crippen molar-refractivity contribution in [3.63, 3.8) is 0 Å². The van der Waals surface area contributed by atoms with Crippen molar-refractivity contribution < 1.29 is 0 Å². The molecule has 0 unspecified atom stereocenters. The second kappa shape index (κ2) is 13.4. The monoisotopic (exact) mass is 525 g/mol. The lowest BCUT2D eigenvalue weighted by molar-refractivity contribution is 0.184. The van der Waals surface area contributed by atoms with Gasteiger partial charge in [0.25, 0.3) is 0 Å². The first-order chi connectivity index (χ1) is 18.6. The molecule has 2 aromatic heterocycles. The number of hydrogen-bond acceptors (Lipinski definition) is 8. The third-order valence-electron chi connectivity index (χ3n) is 9.06. The summed E-state index contributed by atoms with van der Waals surface area (Å²) in [6, 6.07) is 1.22. The van der Waals surface area contributed by atoms with Crippen molar-refractivity contribution in [1.82, 2.24) is 29.4 Å². The topological polar surface area (TPSA) is 100 Å². The standard InChI is InChI=1S/C29H51N9/c1-3-16-36(17-4-2)18-13-22-14-19-37(20-15-22)35-27-26-28(38(21-31-26)25-7-5-6-8-25)34-29(33-27)32-24-11-9-23(30)10-12-24/h21-25H,3-20,30H2,1-2H3,(H2,32,33,34,35)/t23-,24-. The van der Waals surface area contributed by atoms with E-state index in [1.54, 1.807) is 0 Å². The van der Waals surface area contributed by atoms with Gasteiger partial charge in [0.15, 0.2) is 17.0 Å². The number of imidazole rings is 1. The Morgan fingerprint density at radius 1 is 0.921 bits per heavy atom. The number of rotatable bonds is 12. The largest absolute Gasteiger partial charge is 0.351 e. The van der Waals surface area contributed by atoms with Gasteiger partial charge in [0, 0.05) is 31.2 Å². The first kappa shape index (κ1) is 27.6. The molecule has 2 saturated carbocycles. The van der Waals surface area contributed by atoms with Crippen LogP contribution in [0.5, 0.6) is 0 Å². The first-order valence-electron chi connectivity index (χ1n) is 15.6. The lowest BCUT2D eigenvalue weighted by Gasteiger charge is -2.33. The zero-order valence-corrected chi connectivity index (χ0v) is 23.9. The van der Waals surface area contributed by atoms with Crippen LogP contribution in [0, 0.1) is 5.92 Å². The van der Waals surface area contributed by atoms with Crippen molar-refractivity contribution in [2.24, 2.45) is 11.7 Å². The molecular weight excluding hydrogens is 474 g/mol. The highest BCUT2D eigenvalue weighted by atomic mass is 15.5. The third-order valence-corrected chi connectivity index (χ3v) is 9.06. The Kier molecular flexibility index (Phi) is 9.73. The number of nitrogens with one attached hydrogen (secondary N) is 2. The molecule has 9 nitrogen and oxygen atoms in total. The molecule has 2 aliphatic carbocycles. The Labute approximate surface area is 229 Å². The number of hydrogen-bond donors (Lipinski definition) is 3. The second-order valence-corrected chi connectivity index (χ2v) is 12.1. The maximum Gasteiger partial charge on any atom is 0.227 e. The molecule has 9 heteroatoms. The summed E-state index contributed by atoms with van der Waals surface area (Å²) in [5, 5.41) is 6.00. The second-order valence-electron chi connectivity index (χ2n) is 12.1. The van der Waals surface area contributed by atoms with Gasteiger partial charge in [-0.1, -0.05) is 26.7 Å². The predicted octanol–water partition coefficient (Wildman–Crippen LogP) is 5.17. The summed E-state index contributed by atoms with van der Waals surface area (Å²) >= 11 is 0. The Morgan fingerprint density at radius 3 is 2.32 bits per heavy atom. The Hall–Kier alpha value is -1.97. The Balaban J connectivity index is 1.25. The normalized spacial score (nSPS) is 24.0. The fourth-order valence-corrected chi connectivity index (χ4v) is 6.77. The highest BCUT2D eigenvalue weighted by Gasteiger charge is 2.26. The van der Waals surface area contributed by atoms with Crippen LogP contribution >= 0.6 is 0 Å². The number of aromatic nitrogens is 4. The van der Waals surface area contributed by atoms with Gasteiger partial charge in [-0.25, -0.2) is 9.99 Å². The van der Waals surface area contributed by atoms with Crippen molar-refractivity contribution >= 4 is 22.9 Å². The number of hydrazine groups is 1. The summed E-state index contributed by atoms with van der Waals surface area (Å²) in [5.41, 5.74) is 11.7. The van der Waals surface area contributed by atoms with Gasteiger partial charge in [-0.3, -0.25) is 0 Å². The van der Waals surface area contributed by atoms with Gasteiger partial charge in [0.1, 0.15) is 0 Å². The molecule has 38 heavy (non-hydrogen) atoms. The van der Waals surface area contributed by atoms with Crippen LogP contribution in [0.4, 0.5) is 11.8 Å². The highest BCUT2D eigenvalue weighted by Crippen LogP contribution is 2.34. The molecule has 2 aromatic rings. The summed E-state index contributed by atoms with van der Waals surface area (Å²) in [6.07, 6.45) is 17.6. The molecular formula is C29H51N9. The molecule has 3 fully saturated rings. The van der Waals surface area contributed by atoms with Crippen molar-refractivity contribution in [3.05, 3.63) is 6.33 Å². The quantitative estimate of drug-likeness (QED) is 0.349. The maximum atomic E-state index is 6.15. The van der Waals surface area contributed by atoms with E-state index in [2.05, 4.69) is 39.1 Å². The van der Waals surface area contributed by atoms with Crippen molar-refractivity contribution in [1.29, 1.82) is 0 Å². The third kappa shape index (κ3) is 6.96. The minimum Gasteiger partial charge on any atom is -0.351 e. The summed E-state index contributed by atoms with van der Waals surface area (Å²) in [5.74, 6) is 2.38. The summed E-state index contributed by atoms with van der Waals surface area (Å²) in [7, 11) is 0. The zero-order chi connectivity index (χ0) is 26.3. The summed E-state index contributed by atoms with van der Waals surface area (Å²) < 4.78 is 2.31. The average molecular weight is 526 g/mol. The van der Waals surface area contributed by atoms with E-state index >= 15 is 0 Å². The molecule has 0 radical (unpaired) electrons. The Morgan fingerprint density at radius 2 is 1.63 bits per heavy atom. The molecule has 212 valence electrons. The number of nitrogens with two attached hydrogens (primary N) is 1. The summed E-state index contributed by atoms with van der Waals surface area (Å²) in [4.78, 5) is 17.5. The van der Waals surface area contributed by atoms with E-state index in [-0.39, 0.29) is 0 Å². The van der Waals surface area contributed by atoms with Gasteiger partial charge >= 0.3 is 0 Å². The molecule has 0 aromatic carbocycles. The molecule has 0 bridgehead atoms. The maximum absolute atomic E-state index is 6.15. The highest BCUT2D eigenvalue weighted by molar-refractivity contribution is 5.84. The molecule has 0 atom stereocenters. The van der Waals surface area contributed by atoms with E-state index in [1.807, 2.05) is 6.33 Å².